The maximum Gasteiger partial charge on any atom is 0.253 e. The van der Waals surface area contributed by atoms with Gasteiger partial charge in [0, 0.05) is 61.8 Å². The van der Waals surface area contributed by atoms with Crippen LogP contribution in [0.3, 0.4) is 0 Å². The van der Waals surface area contributed by atoms with Gasteiger partial charge in [0.15, 0.2) is 0 Å². The lowest BCUT2D eigenvalue weighted by Crippen LogP contribution is -2.52. The van der Waals surface area contributed by atoms with E-state index in [1.165, 1.54) is 19.4 Å². The SMILES string of the molecule is O=C(c1ccc(Br)cc1)N1CCC(C(=O)N2CCN(CC3CC3)CC2)CC1. The van der Waals surface area contributed by atoms with Crippen LogP contribution in [-0.2, 0) is 4.79 Å². The lowest BCUT2D eigenvalue weighted by Gasteiger charge is -2.38. The molecule has 0 bridgehead atoms. The minimum atomic E-state index is 0.0714. The molecule has 2 amide bonds. The molecule has 4 rings (SSSR count). The van der Waals surface area contributed by atoms with Crippen molar-refractivity contribution in [2.24, 2.45) is 11.8 Å². The summed E-state index contributed by atoms with van der Waals surface area (Å²) in [5.41, 5.74) is 0.717. The second kappa shape index (κ2) is 8.31. The maximum absolute atomic E-state index is 12.9. The normalized spacial score (nSPS) is 22.1. The molecule has 2 heterocycles. The molecule has 1 saturated carbocycles. The molecule has 27 heavy (non-hydrogen) atoms. The third-order valence-electron chi connectivity index (χ3n) is 6.12. The first-order chi connectivity index (χ1) is 13.1. The minimum absolute atomic E-state index is 0.0714. The lowest BCUT2D eigenvalue weighted by molar-refractivity contribution is -0.138. The van der Waals surface area contributed by atoms with E-state index in [1.54, 1.807) is 0 Å². The van der Waals surface area contributed by atoms with E-state index in [9.17, 15) is 9.59 Å². The third-order valence-corrected chi connectivity index (χ3v) is 6.65. The molecule has 2 aliphatic heterocycles. The van der Waals surface area contributed by atoms with Crippen molar-refractivity contribution in [3.8, 4) is 0 Å². The molecule has 0 aromatic heterocycles. The molecule has 146 valence electrons. The zero-order valence-electron chi connectivity index (χ0n) is 15.8. The Morgan fingerprint density at radius 2 is 1.48 bits per heavy atom. The van der Waals surface area contributed by atoms with Crippen LogP contribution in [0.4, 0.5) is 0 Å². The number of nitrogens with zero attached hydrogens (tertiary/aromatic N) is 3. The van der Waals surface area contributed by atoms with Gasteiger partial charge in [-0.25, -0.2) is 0 Å². The van der Waals surface area contributed by atoms with Gasteiger partial charge in [-0.05, 0) is 55.9 Å². The standard InChI is InChI=1S/C21H28BrN3O2/c22-19-5-3-17(4-6-19)20(26)24-9-7-18(8-10-24)21(27)25-13-11-23(12-14-25)15-16-1-2-16/h3-6,16,18H,1-2,7-15H2. The maximum atomic E-state index is 12.9. The largest absolute Gasteiger partial charge is 0.340 e. The fourth-order valence-corrected chi connectivity index (χ4v) is 4.44. The first kappa shape index (κ1) is 18.9. The first-order valence-corrected chi connectivity index (χ1v) is 11.0. The second-order valence-corrected chi connectivity index (χ2v) is 9.06. The van der Waals surface area contributed by atoms with Crippen LogP contribution >= 0.6 is 15.9 Å². The van der Waals surface area contributed by atoms with Gasteiger partial charge < -0.3 is 9.80 Å². The minimum Gasteiger partial charge on any atom is -0.340 e. The predicted molar refractivity (Wildman–Crippen MR) is 109 cm³/mol. The summed E-state index contributed by atoms with van der Waals surface area (Å²) in [6, 6.07) is 7.49. The molecular weight excluding hydrogens is 406 g/mol. The van der Waals surface area contributed by atoms with Crippen LogP contribution in [0.25, 0.3) is 0 Å². The number of hydrogen-bond donors (Lipinski definition) is 0. The predicted octanol–water partition coefficient (Wildman–Crippen LogP) is 2.86. The van der Waals surface area contributed by atoms with Gasteiger partial charge >= 0.3 is 0 Å². The number of piperidine rings is 1. The van der Waals surface area contributed by atoms with Gasteiger partial charge in [0.2, 0.25) is 5.91 Å². The number of rotatable bonds is 4. The first-order valence-electron chi connectivity index (χ1n) is 10.2. The molecule has 3 aliphatic rings. The number of likely N-dealkylation sites (tertiary alicyclic amines) is 1. The number of halogens is 1. The molecule has 6 heteroatoms. The Morgan fingerprint density at radius 3 is 2.07 bits per heavy atom. The Bertz CT molecular complexity index is 673. The summed E-state index contributed by atoms with van der Waals surface area (Å²) >= 11 is 3.40. The molecule has 3 fully saturated rings. The number of carbonyl (C=O) groups excluding carboxylic acids is 2. The molecular formula is C21H28BrN3O2. The number of benzene rings is 1. The zero-order valence-corrected chi connectivity index (χ0v) is 17.4. The van der Waals surface area contributed by atoms with Gasteiger partial charge in [-0.1, -0.05) is 15.9 Å². The zero-order chi connectivity index (χ0) is 18.8. The number of hydrogen-bond acceptors (Lipinski definition) is 3. The fraction of sp³-hybridized carbons (Fsp3) is 0.619. The molecule has 0 radical (unpaired) electrons. The van der Waals surface area contributed by atoms with Crippen LogP contribution in [-0.4, -0.2) is 72.3 Å². The fourth-order valence-electron chi connectivity index (χ4n) is 4.18. The molecule has 0 spiro atoms. The molecule has 0 N–H and O–H groups in total. The van der Waals surface area contributed by atoms with Crippen molar-refractivity contribution >= 4 is 27.7 Å². The van der Waals surface area contributed by atoms with E-state index in [2.05, 4.69) is 25.7 Å². The molecule has 5 nitrogen and oxygen atoms in total. The van der Waals surface area contributed by atoms with Crippen molar-refractivity contribution in [3.63, 3.8) is 0 Å². The molecule has 2 saturated heterocycles. The van der Waals surface area contributed by atoms with E-state index in [1.807, 2.05) is 29.2 Å². The van der Waals surface area contributed by atoms with Crippen LogP contribution in [0.2, 0.25) is 0 Å². The van der Waals surface area contributed by atoms with Crippen molar-refractivity contribution in [2.45, 2.75) is 25.7 Å². The molecule has 1 aromatic carbocycles. The van der Waals surface area contributed by atoms with Gasteiger partial charge in [-0.3, -0.25) is 14.5 Å². The van der Waals surface area contributed by atoms with E-state index >= 15 is 0 Å². The second-order valence-electron chi connectivity index (χ2n) is 8.14. The summed E-state index contributed by atoms with van der Waals surface area (Å²) in [4.78, 5) is 32.0. The Balaban J connectivity index is 1.24. The summed E-state index contributed by atoms with van der Waals surface area (Å²) in [7, 11) is 0. The van der Waals surface area contributed by atoms with Crippen molar-refractivity contribution in [3.05, 3.63) is 34.3 Å². The monoisotopic (exact) mass is 433 g/mol. The number of amides is 2. The Kier molecular flexibility index (Phi) is 5.83. The van der Waals surface area contributed by atoms with Crippen LogP contribution in [0, 0.1) is 11.8 Å². The van der Waals surface area contributed by atoms with Gasteiger partial charge in [0.05, 0.1) is 0 Å². The quantitative estimate of drug-likeness (QED) is 0.732. The smallest absolute Gasteiger partial charge is 0.253 e. The van der Waals surface area contributed by atoms with Crippen molar-refractivity contribution < 1.29 is 9.59 Å². The topological polar surface area (TPSA) is 43.9 Å². The number of piperazine rings is 1. The highest BCUT2D eigenvalue weighted by Crippen LogP contribution is 2.30. The van der Waals surface area contributed by atoms with Crippen molar-refractivity contribution in [1.29, 1.82) is 0 Å². The van der Waals surface area contributed by atoms with Gasteiger partial charge in [0.25, 0.3) is 5.91 Å². The molecule has 0 atom stereocenters. The lowest BCUT2D eigenvalue weighted by atomic mass is 9.94. The highest BCUT2D eigenvalue weighted by Gasteiger charge is 2.33. The van der Waals surface area contributed by atoms with Gasteiger partial charge in [-0.2, -0.15) is 0 Å². The van der Waals surface area contributed by atoms with Gasteiger partial charge in [0.1, 0.15) is 0 Å². The van der Waals surface area contributed by atoms with Crippen LogP contribution < -0.4 is 0 Å². The Labute approximate surface area is 169 Å². The summed E-state index contributed by atoms with van der Waals surface area (Å²) in [6.07, 6.45) is 4.33. The highest BCUT2D eigenvalue weighted by molar-refractivity contribution is 9.10. The summed E-state index contributed by atoms with van der Waals surface area (Å²) in [5.74, 6) is 1.37. The summed E-state index contributed by atoms with van der Waals surface area (Å²) in [6.45, 7) is 6.33. The van der Waals surface area contributed by atoms with E-state index < -0.39 is 0 Å². The Morgan fingerprint density at radius 1 is 0.852 bits per heavy atom. The van der Waals surface area contributed by atoms with E-state index in [4.69, 9.17) is 0 Å². The molecule has 1 aliphatic carbocycles. The third kappa shape index (κ3) is 4.72. The van der Waals surface area contributed by atoms with Crippen molar-refractivity contribution in [1.82, 2.24) is 14.7 Å². The van der Waals surface area contributed by atoms with Crippen LogP contribution in [0.1, 0.15) is 36.0 Å². The van der Waals surface area contributed by atoms with E-state index in [-0.39, 0.29) is 11.8 Å². The van der Waals surface area contributed by atoms with Crippen LogP contribution in [0.5, 0.6) is 0 Å². The average Bonchev–Trinajstić information content (AvgIpc) is 3.52. The molecule has 0 unspecified atom stereocenters. The highest BCUT2D eigenvalue weighted by atomic mass is 79.9. The van der Waals surface area contributed by atoms with E-state index in [0.717, 1.165) is 55.0 Å². The molecule has 1 aromatic rings. The van der Waals surface area contributed by atoms with E-state index in [0.29, 0.717) is 19.0 Å². The van der Waals surface area contributed by atoms with Gasteiger partial charge in [-0.15, -0.1) is 0 Å². The van der Waals surface area contributed by atoms with Crippen LogP contribution in [0.15, 0.2) is 28.7 Å². The summed E-state index contributed by atoms with van der Waals surface area (Å²) < 4.78 is 0.973. The summed E-state index contributed by atoms with van der Waals surface area (Å²) in [5, 5.41) is 0. The Hall–Kier alpha value is -1.40. The number of carbonyl (C=O) groups is 2. The van der Waals surface area contributed by atoms with Crippen molar-refractivity contribution in [2.75, 3.05) is 45.8 Å². The average molecular weight is 434 g/mol.